The third-order valence-electron chi connectivity index (χ3n) is 4.25. The molecule has 3 aromatic rings. The molecule has 0 aliphatic heterocycles. The van der Waals surface area contributed by atoms with E-state index in [1.165, 1.54) is 23.3 Å². The van der Waals surface area contributed by atoms with E-state index in [0.29, 0.717) is 10.6 Å². The van der Waals surface area contributed by atoms with E-state index in [1.807, 2.05) is 42.7 Å². The van der Waals surface area contributed by atoms with Gasteiger partial charge >= 0.3 is 5.97 Å². The van der Waals surface area contributed by atoms with Gasteiger partial charge in [0.05, 0.1) is 12.2 Å². The van der Waals surface area contributed by atoms with Crippen LogP contribution in [-0.4, -0.2) is 37.3 Å². The Kier molecular flexibility index (Phi) is 8.87. The van der Waals surface area contributed by atoms with Gasteiger partial charge in [0, 0.05) is 22.4 Å². The highest BCUT2D eigenvalue weighted by atomic mass is 32.2. The Balaban J connectivity index is 1.62. The molecule has 10 heteroatoms. The summed E-state index contributed by atoms with van der Waals surface area (Å²) < 4.78 is 8.15. The first-order valence-electron chi connectivity index (χ1n) is 9.99. The van der Waals surface area contributed by atoms with E-state index in [0.717, 1.165) is 16.1 Å². The van der Waals surface area contributed by atoms with Crippen molar-refractivity contribution in [2.45, 2.75) is 6.92 Å². The summed E-state index contributed by atoms with van der Waals surface area (Å²) in [5.74, 6) is -1.54. The topological polar surface area (TPSA) is 106 Å². The molecular formula is C23H23N3O5S2. The van der Waals surface area contributed by atoms with Crippen LogP contribution < -0.4 is 15.5 Å². The number of hydrogen-bond acceptors (Lipinski definition) is 8. The van der Waals surface area contributed by atoms with Crippen molar-refractivity contribution in [3.63, 3.8) is 0 Å². The van der Waals surface area contributed by atoms with E-state index in [4.69, 9.17) is 9.57 Å². The minimum atomic E-state index is -0.529. The van der Waals surface area contributed by atoms with Gasteiger partial charge in [-0.05, 0) is 36.8 Å². The monoisotopic (exact) mass is 485 g/mol. The number of thiophene rings is 1. The molecule has 2 amide bonds. The van der Waals surface area contributed by atoms with Crippen molar-refractivity contribution in [2.24, 2.45) is 0 Å². The second-order valence-electron chi connectivity index (χ2n) is 6.59. The minimum absolute atomic E-state index is 0.214. The average molecular weight is 486 g/mol. The lowest BCUT2D eigenvalue weighted by Gasteiger charge is -2.08. The molecule has 0 unspecified atom stereocenters. The van der Waals surface area contributed by atoms with E-state index in [2.05, 4.69) is 15.5 Å². The lowest BCUT2D eigenvalue weighted by molar-refractivity contribution is -0.122. The zero-order chi connectivity index (χ0) is 23.6. The second-order valence-corrected chi connectivity index (χ2v) is 8.26. The van der Waals surface area contributed by atoms with Crippen molar-refractivity contribution in [2.75, 3.05) is 29.5 Å². The normalized spacial score (nSPS) is 10.4. The molecule has 1 aromatic heterocycles. The van der Waals surface area contributed by atoms with Crippen molar-refractivity contribution in [1.82, 2.24) is 5.48 Å². The van der Waals surface area contributed by atoms with E-state index >= 15 is 0 Å². The third kappa shape index (κ3) is 6.82. The molecule has 0 bridgehead atoms. The van der Waals surface area contributed by atoms with Crippen LogP contribution >= 0.6 is 23.3 Å². The van der Waals surface area contributed by atoms with Crippen LogP contribution in [0.5, 0.6) is 0 Å². The Labute approximate surface area is 199 Å². The lowest BCUT2D eigenvalue weighted by atomic mass is 10.1. The van der Waals surface area contributed by atoms with E-state index in [-0.39, 0.29) is 12.2 Å². The van der Waals surface area contributed by atoms with Crippen molar-refractivity contribution in [1.29, 1.82) is 0 Å². The number of rotatable bonds is 10. The highest BCUT2D eigenvalue weighted by Gasteiger charge is 2.20. The molecule has 0 spiro atoms. The van der Waals surface area contributed by atoms with Crippen molar-refractivity contribution >= 4 is 51.8 Å². The Morgan fingerprint density at radius 3 is 2.55 bits per heavy atom. The van der Waals surface area contributed by atoms with Gasteiger partial charge in [0.15, 0.2) is 6.61 Å². The molecule has 0 fully saturated rings. The van der Waals surface area contributed by atoms with Gasteiger partial charge < -0.3 is 14.8 Å². The van der Waals surface area contributed by atoms with Crippen LogP contribution in [0.25, 0.3) is 10.4 Å². The predicted molar refractivity (Wildman–Crippen MR) is 131 cm³/mol. The van der Waals surface area contributed by atoms with Crippen molar-refractivity contribution in [3.05, 3.63) is 71.8 Å². The highest BCUT2D eigenvalue weighted by Crippen LogP contribution is 2.35. The molecule has 0 aliphatic rings. The molecule has 1 heterocycles. The van der Waals surface area contributed by atoms with Crippen molar-refractivity contribution in [3.8, 4) is 10.4 Å². The molecule has 0 saturated heterocycles. The molecule has 0 radical (unpaired) electrons. The predicted octanol–water partition coefficient (Wildman–Crippen LogP) is 4.58. The number of amides is 2. The van der Waals surface area contributed by atoms with Crippen molar-refractivity contribution < 1.29 is 24.0 Å². The number of nitrogens with one attached hydrogen (secondary N) is 3. The fraction of sp³-hybridized carbons (Fsp3) is 0.174. The average Bonchev–Trinajstić information content (AvgIpc) is 3.24. The summed E-state index contributed by atoms with van der Waals surface area (Å²) in [7, 11) is 0. The first kappa shape index (κ1) is 24.3. The first-order chi connectivity index (χ1) is 16.0. The third-order valence-corrected chi connectivity index (χ3v) is 5.79. The largest absolute Gasteiger partial charge is 0.462 e. The molecule has 0 atom stereocenters. The number of ether oxygens (including phenoxy) is 1. The van der Waals surface area contributed by atoms with Gasteiger partial charge in [-0.2, -0.15) is 0 Å². The van der Waals surface area contributed by atoms with Crippen LogP contribution in [0.1, 0.15) is 27.6 Å². The number of carbonyl (C=O) groups is 3. The maximum absolute atomic E-state index is 12.4. The molecule has 3 rings (SSSR count). The Morgan fingerprint density at radius 2 is 1.82 bits per heavy atom. The van der Waals surface area contributed by atoms with E-state index in [1.54, 1.807) is 31.2 Å². The molecular weight excluding hydrogens is 462 g/mol. The number of hydrogen-bond donors (Lipinski definition) is 3. The van der Waals surface area contributed by atoms with Crippen LogP contribution in [0.2, 0.25) is 0 Å². The van der Waals surface area contributed by atoms with Crippen LogP contribution in [0.4, 0.5) is 10.7 Å². The van der Waals surface area contributed by atoms with Crippen LogP contribution in [-0.2, 0) is 14.4 Å². The summed E-state index contributed by atoms with van der Waals surface area (Å²) in [5, 5.41) is 3.02. The standard InChI is InChI=1S/C23H23N3O5S2/c1-3-30-23(29)18-13-19(15-8-5-4-6-9-15)33-22(18)24-20(27)14-31-25-21(28)16-10-7-11-17(12-16)26-32-2/h4-13,26H,3,14H2,1-2H3,(H,24,27)(H,25,28). The maximum atomic E-state index is 12.4. The van der Waals surface area contributed by atoms with Gasteiger partial charge in [-0.15, -0.1) is 11.3 Å². The fourth-order valence-corrected chi connectivity index (χ4v) is 4.25. The summed E-state index contributed by atoms with van der Waals surface area (Å²) in [5.41, 5.74) is 4.57. The quantitative estimate of drug-likeness (QED) is 0.219. The number of benzene rings is 2. The summed E-state index contributed by atoms with van der Waals surface area (Å²) in [6, 6.07) is 18.0. The minimum Gasteiger partial charge on any atom is -0.462 e. The van der Waals surface area contributed by atoms with E-state index < -0.39 is 24.4 Å². The van der Waals surface area contributed by atoms with Gasteiger partial charge in [-0.25, -0.2) is 10.3 Å². The van der Waals surface area contributed by atoms with Crippen LogP contribution in [0.15, 0.2) is 60.7 Å². The molecule has 2 aromatic carbocycles. The first-order valence-corrected chi connectivity index (χ1v) is 12.0. The van der Waals surface area contributed by atoms with Crippen LogP contribution in [0.3, 0.4) is 0 Å². The molecule has 33 heavy (non-hydrogen) atoms. The fourth-order valence-electron chi connectivity index (χ4n) is 2.82. The number of hydroxylamine groups is 1. The molecule has 8 nitrogen and oxygen atoms in total. The van der Waals surface area contributed by atoms with Gasteiger partial charge in [0.1, 0.15) is 5.00 Å². The Hall–Kier alpha value is -3.34. The van der Waals surface area contributed by atoms with E-state index in [9.17, 15) is 14.4 Å². The second kappa shape index (κ2) is 12.0. The molecule has 172 valence electrons. The van der Waals surface area contributed by atoms with Gasteiger partial charge in [0.2, 0.25) is 0 Å². The molecule has 3 N–H and O–H groups in total. The Bertz CT molecular complexity index is 1120. The summed E-state index contributed by atoms with van der Waals surface area (Å²) in [6.07, 6.45) is 1.87. The zero-order valence-corrected chi connectivity index (χ0v) is 19.7. The number of carbonyl (C=O) groups excluding carboxylic acids is 3. The lowest BCUT2D eigenvalue weighted by Crippen LogP contribution is -2.29. The highest BCUT2D eigenvalue weighted by molar-refractivity contribution is 7.99. The summed E-state index contributed by atoms with van der Waals surface area (Å²) >= 11 is 2.66. The number of esters is 1. The zero-order valence-electron chi connectivity index (χ0n) is 18.0. The number of anilines is 2. The summed E-state index contributed by atoms with van der Waals surface area (Å²) in [6.45, 7) is 1.49. The SMILES string of the molecule is CCOC(=O)c1cc(-c2ccccc2)sc1NC(=O)CONC(=O)c1cccc(NSC)c1. The van der Waals surface area contributed by atoms with Gasteiger partial charge in [0.25, 0.3) is 11.8 Å². The molecule has 0 aliphatic carbocycles. The summed E-state index contributed by atoms with van der Waals surface area (Å²) in [4.78, 5) is 42.9. The smallest absolute Gasteiger partial charge is 0.341 e. The Morgan fingerprint density at radius 1 is 1.03 bits per heavy atom. The van der Waals surface area contributed by atoms with Crippen LogP contribution in [0, 0.1) is 0 Å². The van der Waals surface area contributed by atoms with Gasteiger partial charge in [-0.3, -0.25) is 14.4 Å². The van der Waals surface area contributed by atoms with Gasteiger partial charge in [-0.1, -0.05) is 48.3 Å². The molecule has 0 saturated carbocycles. The maximum Gasteiger partial charge on any atom is 0.341 e.